The van der Waals surface area contributed by atoms with Gasteiger partial charge in [0.1, 0.15) is 17.5 Å². The minimum Gasteiger partial charge on any atom is -0.370 e. The van der Waals surface area contributed by atoms with Gasteiger partial charge < -0.3 is 10.6 Å². The van der Waals surface area contributed by atoms with E-state index in [-0.39, 0.29) is 0 Å². The summed E-state index contributed by atoms with van der Waals surface area (Å²) in [5.41, 5.74) is 3.53. The molecule has 0 fully saturated rings. The molecule has 0 aliphatic heterocycles. The standard InChI is InChI=1S/C18H26N4/c1-5-6-7-10-19-17-12-18(21-15(4)20-17)22-16-11-13(2)8-9-14(16)3/h8-9,11-12H,5-7,10H2,1-4H3,(H2,19,20,21,22). The summed E-state index contributed by atoms with van der Waals surface area (Å²) in [7, 11) is 0. The second-order valence-electron chi connectivity index (χ2n) is 5.76. The van der Waals surface area contributed by atoms with Crippen LogP contribution in [-0.4, -0.2) is 16.5 Å². The monoisotopic (exact) mass is 298 g/mol. The summed E-state index contributed by atoms with van der Waals surface area (Å²) in [4.78, 5) is 8.93. The number of nitrogens with zero attached hydrogens (tertiary/aromatic N) is 2. The SMILES string of the molecule is CCCCCNc1cc(Nc2cc(C)ccc2C)nc(C)n1. The van der Waals surface area contributed by atoms with Gasteiger partial charge >= 0.3 is 0 Å². The largest absolute Gasteiger partial charge is 0.370 e. The lowest BCUT2D eigenvalue weighted by Gasteiger charge is -2.12. The zero-order valence-corrected chi connectivity index (χ0v) is 14.0. The highest BCUT2D eigenvalue weighted by Crippen LogP contribution is 2.22. The second kappa shape index (κ2) is 7.78. The molecule has 0 radical (unpaired) electrons. The third kappa shape index (κ3) is 4.72. The number of aromatic nitrogens is 2. The van der Waals surface area contributed by atoms with Crippen LogP contribution in [0, 0.1) is 20.8 Å². The van der Waals surface area contributed by atoms with Crippen molar-refractivity contribution in [2.45, 2.75) is 47.0 Å². The van der Waals surface area contributed by atoms with Crippen molar-refractivity contribution in [2.75, 3.05) is 17.2 Å². The van der Waals surface area contributed by atoms with Crippen molar-refractivity contribution in [2.24, 2.45) is 0 Å². The first-order valence-corrected chi connectivity index (χ1v) is 8.02. The number of rotatable bonds is 7. The van der Waals surface area contributed by atoms with Crippen LogP contribution in [0.25, 0.3) is 0 Å². The summed E-state index contributed by atoms with van der Waals surface area (Å²) in [6.45, 7) is 9.27. The van der Waals surface area contributed by atoms with E-state index in [1.807, 2.05) is 13.0 Å². The van der Waals surface area contributed by atoms with E-state index in [1.54, 1.807) is 0 Å². The number of hydrogen-bond donors (Lipinski definition) is 2. The molecule has 2 N–H and O–H groups in total. The molecule has 0 aliphatic carbocycles. The molecule has 0 unspecified atom stereocenters. The molecule has 118 valence electrons. The average Bonchev–Trinajstić information content (AvgIpc) is 2.47. The van der Waals surface area contributed by atoms with Gasteiger partial charge in [0.25, 0.3) is 0 Å². The van der Waals surface area contributed by atoms with Crippen molar-refractivity contribution < 1.29 is 0 Å². The molecule has 4 heteroatoms. The lowest BCUT2D eigenvalue weighted by atomic mass is 10.1. The number of nitrogens with one attached hydrogen (secondary N) is 2. The Morgan fingerprint density at radius 2 is 1.73 bits per heavy atom. The zero-order chi connectivity index (χ0) is 15.9. The zero-order valence-electron chi connectivity index (χ0n) is 14.0. The van der Waals surface area contributed by atoms with Crippen molar-refractivity contribution in [1.82, 2.24) is 9.97 Å². The van der Waals surface area contributed by atoms with Crippen LogP contribution >= 0.6 is 0 Å². The van der Waals surface area contributed by atoms with E-state index in [1.165, 1.54) is 30.4 Å². The molecular formula is C18H26N4. The lowest BCUT2D eigenvalue weighted by Crippen LogP contribution is -2.06. The fourth-order valence-electron chi connectivity index (χ4n) is 2.32. The van der Waals surface area contributed by atoms with Gasteiger partial charge in [0.15, 0.2) is 0 Å². The summed E-state index contributed by atoms with van der Waals surface area (Å²) in [5.74, 6) is 2.49. The molecule has 22 heavy (non-hydrogen) atoms. The Morgan fingerprint density at radius 1 is 0.955 bits per heavy atom. The maximum absolute atomic E-state index is 4.48. The third-order valence-electron chi connectivity index (χ3n) is 3.58. The molecule has 2 aromatic rings. The number of benzene rings is 1. The van der Waals surface area contributed by atoms with Gasteiger partial charge in [0.05, 0.1) is 0 Å². The molecule has 0 atom stereocenters. The molecule has 1 heterocycles. The maximum Gasteiger partial charge on any atom is 0.136 e. The fourth-order valence-corrected chi connectivity index (χ4v) is 2.32. The van der Waals surface area contributed by atoms with Crippen LogP contribution in [0.3, 0.4) is 0 Å². The summed E-state index contributed by atoms with van der Waals surface area (Å²) in [6.07, 6.45) is 3.63. The third-order valence-corrected chi connectivity index (χ3v) is 3.58. The summed E-state index contributed by atoms with van der Waals surface area (Å²) < 4.78 is 0. The first-order chi connectivity index (χ1) is 10.6. The van der Waals surface area contributed by atoms with Gasteiger partial charge in [-0.25, -0.2) is 9.97 Å². The fraction of sp³-hybridized carbons (Fsp3) is 0.444. The summed E-state index contributed by atoms with van der Waals surface area (Å²) in [5, 5.41) is 6.79. The second-order valence-corrected chi connectivity index (χ2v) is 5.76. The van der Waals surface area contributed by atoms with Gasteiger partial charge in [0, 0.05) is 18.3 Å². The average molecular weight is 298 g/mol. The van der Waals surface area contributed by atoms with Crippen LogP contribution in [0.2, 0.25) is 0 Å². The smallest absolute Gasteiger partial charge is 0.136 e. The van der Waals surface area contributed by atoms with Crippen LogP contribution in [0.15, 0.2) is 24.3 Å². The van der Waals surface area contributed by atoms with Gasteiger partial charge in [-0.3, -0.25) is 0 Å². The number of unbranched alkanes of at least 4 members (excludes halogenated alkanes) is 2. The number of hydrogen-bond acceptors (Lipinski definition) is 4. The van der Waals surface area contributed by atoms with Crippen LogP contribution in [0.1, 0.15) is 43.1 Å². The molecule has 0 saturated carbocycles. The predicted octanol–water partition coefficient (Wildman–Crippen LogP) is 4.75. The molecule has 1 aromatic heterocycles. The number of aryl methyl sites for hydroxylation is 3. The van der Waals surface area contributed by atoms with Crippen LogP contribution in [-0.2, 0) is 0 Å². The van der Waals surface area contributed by atoms with E-state index < -0.39 is 0 Å². The van der Waals surface area contributed by atoms with Gasteiger partial charge in [-0.1, -0.05) is 31.9 Å². The summed E-state index contributed by atoms with van der Waals surface area (Å²) in [6, 6.07) is 8.35. The van der Waals surface area contributed by atoms with E-state index in [4.69, 9.17) is 0 Å². The van der Waals surface area contributed by atoms with Gasteiger partial charge in [-0.05, 0) is 44.4 Å². The van der Waals surface area contributed by atoms with Crippen LogP contribution < -0.4 is 10.6 Å². The highest BCUT2D eigenvalue weighted by molar-refractivity contribution is 5.63. The van der Waals surface area contributed by atoms with E-state index in [9.17, 15) is 0 Å². The Kier molecular flexibility index (Phi) is 5.75. The van der Waals surface area contributed by atoms with E-state index in [2.05, 4.69) is 59.6 Å². The van der Waals surface area contributed by atoms with Crippen molar-refractivity contribution >= 4 is 17.3 Å². The van der Waals surface area contributed by atoms with Crippen molar-refractivity contribution in [3.63, 3.8) is 0 Å². The molecule has 0 spiro atoms. The van der Waals surface area contributed by atoms with Crippen LogP contribution in [0.4, 0.5) is 17.3 Å². The minimum absolute atomic E-state index is 0.772. The van der Waals surface area contributed by atoms with Crippen molar-refractivity contribution in [3.8, 4) is 0 Å². The molecule has 4 nitrogen and oxygen atoms in total. The maximum atomic E-state index is 4.48. The lowest BCUT2D eigenvalue weighted by molar-refractivity contribution is 0.742. The highest BCUT2D eigenvalue weighted by atomic mass is 15.1. The molecule has 0 amide bonds. The first kappa shape index (κ1) is 16.3. The van der Waals surface area contributed by atoms with Gasteiger partial charge in [0.2, 0.25) is 0 Å². The first-order valence-electron chi connectivity index (χ1n) is 8.02. The number of anilines is 3. The molecule has 0 bridgehead atoms. The Bertz CT molecular complexity index is 622. The minimum atomic E-state index is 0.772. The topological polar surface area (TPSA) is 49.8 Å². The van der Waals surface area contributed by atoms with E-state index in [0.717, 1.165) is 29.7 Å². The van der Waals surface area contributed by atoms with Crippen LogP contribution in [0.5, 0.6) is 0 Å². The molecule has 2 rings (SSSR count). The Balaban J connectivity index is 2.10. The predicted molar refractivity (Wildman–Crippen MR) is 94.0 cm³/mol. The molecule has 0 saturated heterocycles. The van der Waals surface area contributed by atoms with E-state index >= 15 is 0 Å². The Hall–Kier alpha value is -2.10. The highest BCUT2D eigenvalue weighted by Gasteiger charge is 2.04. The van der Waals surface area contributed by atoms with Gasteiger partial charge in [-0.15, -0.1) is 0 Å². The molecule has 0 aliphatic rings. The molecular weight excluding hydrogens is 272 g/mol. The van der Waals surface area contributed by atoms with Gasteiger partial charge in [-0.2, -0.15) is 0 Å². The van der Waals surface area contributed by atoms with Crippen molar-refractivity contribution in [1.29, 1.82) is 0 Å². The normalized spacial score (nSPS) is 10.5. The quantitative estimate of drug-likeness (QED) is 0.724. The summed E-state index contributed by atoms with van der Waals surface area (Å²) >= 11 is 0. The Morgan fingerprint density at radius 3 is 2.50 bits per heavy atom. The molecule has 1 aromatic carbocycles. The Labute approximate surface area is 133 Å². The van der Waals surface area contributed by atoms with E-state index in [0.29, 0.717) is 0 Å². The van der Waals surface area contributed by atoms with Crippen molar-refractivity contribution in [3.05, 3.63) is 41.2 Å².